The Labute approximate surface area is 99.8 Å². The van der Waals surface area contributed by atoms with Gasteiger partial charge in [-0.25, -0.2) is 9.78 Å². The fraction of sp³-hybridized carbons (Fsp3) is 0.500. The highest BCUT2D eigenvalue weighted by Crippen LogP contribution is 2.20. The zero-order valence-corrected chi connectivity index (χ0v) is 9.72. The van der Waals surface area contributed by atoms with Gasteiger partial charge in [-0.1, -0.05) is 0 Å². The summed E-state index contributed by atoms with van der Waals surface area (Å²) in [7, 11) is 0. The molecule has 1 aromatic rings. The molecule has 1 fully saturated rings. The summed E-state index contributed by atoms with van der Waals surface area (Å²) in [5, 5.41) is 12.0. The third-order valence-corrected chi connectivity index (χ3v) is 3.08. The molecule has 5 nitrogen and oxygen atoms in total. The Morgan fingerprint density at radius 2 is 2.47 bits per heavy atom. The normalized spacial score (nSPS) is 23.6. The SMILES string of the molecule is CC1OCCC1CNc1ccc(C(=O)O)nc1. The summed E-state index contributed by atoms with van der Waals surface area (Å²) in [6.07, 6.45) is 2.90. The van der Waals surface area contributed by atoms with E-state index in [1.807, 2.05) is 0 Å². The molecular weight excluding hydrogens is 220 g/mol. The molecule has 1 aliphatic heterocycles. The Morgan fingerprint density at radius 1 is 1.65 bits per heavy atom. The van der Waals surface area contributed by atoms with Crippen LogP contribution in [0.5, 0.6) is 0 Å². The summed E-state index contributed by atoms with van der Waals surface area (Å²) in [5.74, 6) is -0.497. The minimum atomic E-state index is -1.01. The van der Waals surface area contributed by atoms with Crippen molar-refractivity contribution in [3.63, 3.8) is 0 Å². The lowest BCUT2D eigenvalue weighted by molar-refractivity contribution is 0.0690. The molecule has 2 heterocycles. The first kappa shape index (κ1) is 11.9. The fourth-order valence-corrected chi connectivity index (χ4v) is 1.92. The van der Waals surface area contributed by atoms with Crippen molar-refractivity contribution in [3.8, 4) is 0 Å². The zero-order valence-electron chi connectivity index (χ0n) is 9.72. The van der Waals surface area contributed by atoms with Gasteiger partial charge in [0.05, 0.1) is 18.0 Å². The van der Waals surface area contributed by atoms with E-state index in [2.05, 4.69) is 17.2 Å². The number of aromatic carboxylic acids is 1. The van der Waals surface area contributed by atoms with Crippen molar-refractivity contribution < 1.29 is 14.6 Å². The third-order valence-electron chi connectivity index (χ3n) is 3.08. The number of carboxylic acids is 1. The van der Waals surface area contributed by atoms with Gasteiger partial charge in [0.15, 0.2) is 0 Å². The molecule has 2 unspecified atom stereocenters. The number of hydrogen-bond donors (Lipinski definition) is 2. The van der Waals surface area contributed by atoms with Crippen molar-refractivity contribution in [2.24, 2.45) is 5.92 Å². The van der Waals surface area contributed by atoms with E-state index < -0.39 is 5.97 Å². The lowest BCUT2D eigenvalue weighted by Crippen LogP contribution is -2.20. The van der Waals surface area contributed by atoms with Crippen molar-refractivity contribution in [2.45, 2.75) is 19.4 Å². The van der Waals surface area contributed by atoms with Crippen LogP contribution in [0.1, 0.15) is 23.8 Å². The largest absolute Gasteiger partial charge is 0.477 e. The van der Waals surface area contributed by atoms with Gasteiger partial charge in [-0.05, 0) is 25.5 Å². The molecule has 2 rings (SSSR count). The highest BCUT2D eigenvalue weighted by atomic mass is 16.5. The molecule has 92 valence electrons. The van der Waals surface area contributed by atoms with E-state index in [0.717, 1.165) is 25.3 Å². The number of carboxylic acid groups (broad SMARTS) is 1. The molecule has 5 heteroatoms. The third kappa shape index (κ3) is 2.94. The monoisotopic (exact) mass is 236 g/mol. The summed E-state index contributed by atoms with van der Waals surface area (Å²) in [6, 6.07) is 3.23. The quantitative estimate of drug-likeness (QED) is 0.831. The van der Waals surface area contributed by atoms with Crippen LogP contribution in [0.15, 0.2) is 18.3 Å². The number of nitrogens with zero attached hydrogens (tertiary/aromatic N) is 1. The summed E-state index contributed by atoms with van der Waals surface area (Å²) in [5.41, 5.74) is 0.905. The molecule has 0 aromatic carbocycles. The number of pyridine rings is 1. The Hall–Kier alpha value is -1.62. The van der Waals surface area contributed by atoms with Gasteiger partial charge in [-0.15, -0.1) is 0 Å². The number of rotatable bonds is 4. The maximum atomic E-state index is 10.6. The van der Waals surface area contributed by atoms with E-state index in [4.69, 9.17) is 9.84 Å². The van der Waals surface area contributed by atoms with E-state index in [1.54, 1.807) is 12.3 Å². The van der Waals surface area contributed by atoms with Crippen LogP contribution in [0.3, 0.4) is 0 Å². The molecule has 0 spiro atoms. The predicted octanol–water partition coefficient (Wildman–Crippen LogP) is 1.62. The first-order chi connectivity index (χ1) is 8.16. The van der Waals surface area contributed by atoms with E-state index >= 15 is 0 Å². The molecule has 0 radical (unpaired) electrons. The van der Waals surface area contributed by atoms with Crippen molar-refractivity contribution in [1.82, 2.24) is 4.98 Å². The maximum absolute atomic E-state index is 10.6. The first-order valence-electron chi connectivity index (χ1n) is 5.71. The number of nitrogens with one attached hydrogen (secondary N) is 1. The van der Waals surface area contributed by atoms with Gasteiger partial charge in [-0.2, -0.15) is 0 Å². The van der Waals surface area contributed by atoms with Gasteiger partial charge in [-0.3, -0.25) is 0 Å². The van der Waals surface area contributed by atoms with Crippen molar-refractivity contribution in [1.29, 1.82) is 0 Å². The molecule has 1 aromatic heterocycles. The Morgan fingerprint density at radius 3 is 3.00 bits per heavy atom. The van der Waals surface area contributed by atoms with Gasteiger partial charge in [0, 0.05) is 19.1 Å². The van der Waals surface area contributed by atoms with Crippen LogP contribution in [0, 0.1) is 5.92 Å². The Balaban J connectivity index is 1.88. The van der Waals surface area contributed by atoms with E-state index in [-0.39, 0.29) is 11.8 Å². The molecule has 1 saturated heterocycles. The minimum absolute atomic E-state index is 0.0631. The summed E-state index contributed by atoms with van der Waals surface area (Å²) in [4.78, 5) is 14.5. The number of hydrogen-bond acceptors (Lipinski definition) is 4. The van der Waals surface area contributed by atoms with Crippen LogP contribution in [-0.2, 0) is 4.74 Å². The smallest absolute Gasteiger partial charge is 0.354 e. The molecule has 1 aliphatic rings. The van der Waals surface area contributed by atoms with Crippen LogP contribution in [0.2, 0.25) is 0 Å². The average Bonchev–Trinajstić information content (AvgIpc) is 2.73. The second-order valence-electron chi connectivity index (χ2n) is 4.24. The summed E-state index contributed by atoms with van der Waals surface area (Å²) >= 11 is 0. The second kappa shape index (κ2) is 5.14. The Bertz CT molecular complexity index is 391. The lowest BCUT2D eigenvalue weighted by atomic mass is 10.0. The standard InChI is InChI=1S/C12H16N2O3/c1-8-9(4-5-17-8)6-13-10-2-3-11(12(15)16)14-7-10/h2-3,7-9,13H,4-6H2,1H3,(H,15,16). The second-order valence-corrected chi connectivity index (χ2v) is 4.24. The van der Waals surface area contributed by atoms with Crippen LogP contribution in [-0.4, -0.2) is 35.3 Å². The van der Waals surface area contributed by atoms with Crippen molar-refractivity contribution in [3.05, 3.63) is 24.0 Å². The summed E-state index contributed by atoms with van der Waals surface area (Å²) < 4.78 is 5.47. The lowest BCUT2D eigenvalue weighted by Gasteiger charge is -2.15. The molecule has 17 heavy (non-hydrogen) atoms. The average molecular weight is 236 g/mol. The number of aromatic nitrogens is 1. The highest BCUT2D eigenvalue weighted by Gasteiger charge is 2.23. The van der Waals surface area contributed by atoms with Crippen molar-refractivity contribution >= 4 is 11.7 Å². The van der Waals surface area contributed by atoms with Gasteiger partial charge in [0.1, 0.15) is 5.69 Å². The van der Waals surface area contributed by atoms with Crippen LogP contribution in [0.4, 0.5) is 5.69 Å². The molecule has 2 N–H and O–H groups in total. The van der Waals surface area contributed by atoms with Gasteiger partial charge >= 0.3 is 5.97 Å². The number of ether oxygens (including phenoxy) is 1. The zero-order chi connectivity index (χ0) is 12.3. The van der Waals surface area contributed by atoms with Gasteiger partial charge < -0.3 is 15.2 Å². The van der Waals surface area contributed by atoms with Crippen LogP contribution < -0.4 is 5.32 Å². The first-order valence-corrected chi connectivity index (χ1v) is 5.71. The van der Waals surface area contributed by atoms with E-state index in [0.29, 0.717) is 5.92 Å². The highest BCUT2D eigenvalue weighted by molar-refractivity contribution is 5.85. The molecule has 0 amide bonds. The topological polar surface area (TPSA) is 71.5 Å². The minimum Gasteiger partial charge on any atom is -0.477 e. The fourth-order valence-electron chi connectivity index (χ4n) is 1.92. The summed E-state index contributed by atoms with van der Waals surface area (Å²) in [6.45, 7) is 3.73. The Kier molecular flexibility index (Phi) is 3.58. The van der Waals surface area contributed by atoms with Gasteiger partial charge in [0.2, 0.25) is 0 Å². The molecule has 0 bridgehead atoms. The molecule has 2 atom stereocenters. The maximum Gasteiger partial charge on any atom is 0.354 e. The number of anilines is 1. The van der Waals surface area contributed by atoms with Crippen LogP contribution in [0.25, 0.3) is 0 Å². The van der Waals surface area contributed by atoms with Crippen LogP contribution >= 0.6 is 0 Å². The predicted molar refractivity (Wildman–Crippen MR) is 63.2 cm³/mol. The molecule has 0 aliphatic carbocycles. The number of carbonyl (C=O) groups is 1. The molecule has 0 saturated carbocycles. The molecular formula is C12H16N2O3. The van der Waals surface area contributed by atoms with E-state index in [9.17, 15) is 4.79 Å². The van der Waals surface area contributed by atoms with Gasteiger partial charge in [0.25, 0.3) is 0 Å². The van der Waals surface area contributed by atoms with Crippen molar-refractivity contribution in [2.75, 3.05) is 18.5 Å². The van der Waals surface area contributed by atoms with E-state index in [1.165, 1.54) is 6.07 Å².